The Hall–Kier alpha value is -1.79. The lowest BCUT2D eigenvalue weighted by atomic mass is 9.90. The molecule has 162 valence electrons. The van der Waals surface area contributed by atoms with Gasteiger partial charge in [-0.1, -0.05) is 18.2 Å². The average Bonchev–Trinajstić information content (AvgIpc) is 2.88. The first-order valence-electron chi connectivity index (χ1n) is 11.2. The minimum absolute atomic E-state index is 0.191. The maximum absolute atomic E-state index is 6.17. The summed E-state index contributed by atoms with van der Waals surface area (Å²) in [5, 5.41) is 7.08. The van der Waals surface area contributed by atoms with Crippen molar-refractivity contribution >= 4 is 5.96 Å². The number of benzene rings is 1. The molecule has 1 saturated heterocycles. The summed E-state index contributed by atoms with van der Waals surface area (Å²) in [4.78, 5) is 9.88. The molecule has 0 amide bonds. The highest BCUT2D eigenvalue weighted by Gasteiger charge is 2.33. The Morgan fingerprint density at radius 2 is 2.03 bits per heavy atom. The van der Waals surface area contributed by atoms with Gasteiger partial charge in [0.1, 0.15) is 11.4 Å². The summed E-state index contributed by atoms with van der Waals surface area (Å²) in [6, 6.07) is 8.54. The summed E-state index contributed by atoms with van der Waals surface area (Å²) >= 11 is 0. The Kier molecular flexibility index (Phi) is 7.78. The fourth-order valence-electron chi connectivity index (χ4n) is 4.22. The molecule has 1 unspecified atom stereocenters. The molecule has 0 spiro atoms. The molecule has 2 heterocycles. The highest BCUT2D eigenvalue weighted by atomic mass is 16.5. The fourth-order valence-corrected chi connectivity index (χ4v) is 4.22. The number of para-hydroxylation sites is 1. The lowest BCUT2D eigenvalue weighted by Gasteiger charge is -2.38. The maximum atomic E-state index is 6.17. The van der Waals surface area contributed by atoms with E-state index >= 15 is 0 Å². The summed E-state index contributed by atoms with van der Waals surface area (Å²) in [7, 11) is 2.22. The van der Waals surface area contributed by atoms with Gasteiger partial charge < -0.3 is 25.2 Å². The smallest absolute Gasteiger partial charge is 0.191 e. The van der Waals surface area contributed by atoms with Crippen molar-refractivity contribution in [2.24, 2.45) is 4.99 Å². The molecule has 6 heteroatoms. The predicted octanol–water partition coefficient (Wildman–Crippen LogP) is 2.87. The van der Waals surface area contributed by atoms with E-state index in [0.717, 1.165) is 44.2 Å². The second-order valence-corrected chi connectivity index (χ2v) is 8.91. The minimum atomic E-state index is -0.191. The zero-order valence-corrected chi connectivity index (χ0v) is 18.7. The van der Waals surface area contributed by atoms with E-state index in [0.29, 0.717) is 0 Å². The van der Waals surface area contributed by atoms with E-state index in [1.165, 1.54) is 38.2 Å². The molecule has 2 aliphatic heterocycles. The predicted molar refractivity (Wildman–Crippen MR) is 121 cm³/mol. The maximum Gasteiger partial charge on any atom is 0.191 e. The number of nitrogens with one attached hydrogen (secondary N) is 2. The average molecular weight is 402 g/mol. The number of hydrogen-bond donors (Lipinski definition) is 2. The molecule has 6 nitrogen and oxygen atoms in total. The van der Waals surface area contributed by atoms with E-state index in [1.54, 1.807) is 0 Å². The molecule has 1 aromatic rings. The van der Waals surface area contributed by atoms with Gasteiger partial charge in [-0.15, -0.1) is 0 Å². The van der Waals surface area contributed by atoms with Gasteiger partial charge >= 0.3 is 0 Å². The Morgan fingerprint density at radius 1 is 1.21 bits per heavy atom. The first-order chi connectivity index (χ1) is 14.0. The van der Waals surface area contributed by atoms with Crippen molar-refractivity contribution in [3.05, 3.63) is 29.8 Å². The molecule has 2 aliphatic rings. The van der Waals surface area contributed by atoms with Gasteiger partial charge in [0, 0.05) is 38.2 Å². The van der Waals surface area contributed by atoms with E-state index in [-0.39, 0.29) is 11.6 Å². The van der Waals surface area contributed by atoms with Crippen molar-refractivity contribution < 1.29 is 4.74 Å². The van der Waals surface area contributed by atoms with E-state index < -0.39 is 0 Å². The van der Waals surface area contributed by atoms with Gasteiger partial charge in [-0.3, -0.25) is 4.99 Å². The van der Waals surface area contributed by atoms with Crippen molar-refractivity contribution in [2.75, 3.05) is 52.9 Å². The van der Waals surface area contributed by atoms with E-state index in [1.807, 2.05) is 6.07 Å². The summed E-state index contributed by atoms with van der Waals surface area (Å²) in [6.45, 7) is 14.0. The van der Waals surface area contributed by atoms with Crippen LogP contribution in [-0.2, 0) is 0 Å². The monoisotopic (exact) mass is 401 g/mol. The van der Waals surface area contributed by atoms with Crippen LogP contribution in [0.15, 0.2) is 29.3 Å². The van der Waals surface area contributed by atoms with Crippen LogP contribution in [0.5, 0.6) is 5.75 Å². The third-order valence-corrected chi connectivity index (χ3v) is 5.75. The highest BCUT2D eigenvalue weighted by molar-refractivity contribution is 5.80. The van der Waals surface area contributed by atoms with Crippen molar-refractivity contribution in [3.63, 3.8) is 0 Å². The van der Waals surface area contributed by atoms with Crippen molar-refractivity contribution in [3.8, 4) is 5.75 Å². The molecule has 0 aliphatic carbocycles. The standard InChI is InChI=1S/C23H39N5O/c1-5-24-22(25-12-8-14-28-15-9-13-27(4)16-17-28)26-20-18-23(2,3)29-21-11-7-6-10-19(20)21/h6-7,10-11,20H,5,8-9,12-18H2,1-4H3,(H2,24,25,26). The normalized spacial score (nSPS) is 23.0. The van der Waals surface area contributed by atoms with Crippen LogP contribution in [0.4, 0.5) is 0 Å². The molecule has 0 bridgehead atoms. The molecule has 1 fully saturated rings. The second-order valence-electron chi connectivity index (χ2n) is 8.91. The summed E-state index contributed by atoms with van der Waals surface area (Å²) in [5.41, 5.74) is 1.02. The van der Waals surface area contributed by atoms with Crippen LogP contribution in [0.3, 0.4) is 0 Å². The molecular formula is C23H39N5O. The Bertz CT molecular complexity index is 675. The largest absolute Gasteiger partial charge is 0.487 e. The highest BCUT2D eigenvalue weighted by Crippen LogP contribution is 2.39. The lowest BCUT2D eigenvalue weighted by molar-refractivity contribution is 0.0694. The number of ether oxygens (including phenoxy) is 1. The Balaban J connectivity index is 1.56. The Labute approximate surface area is 176 Å². The lowest BCUT2D eigenvalue weighted by Crippen LogP contribution is -2.45. The quantitative estimate of drug-likeness (QED) is 0.436. The fraction of sp³-hybridized carbons (Fsp3) is 0.696. The zero-order valence-electron chi connectivity index (χ0n) is 18.7. The molecule has 1 aromatic carbocycles. The molecule has 29 heavy (non-hydrogen) atoms. The summed E-state index contributed by atoms with van der Waals surface area (Å²) < 4.78 is 6.17. The van der Waals surface area contributed by atoms with Crippen molar-refractivity contribution in [2.45, 2.75) is 51.7 Å². The molecule has 0 radical (unpaired) electrons. The summed E-state index contributed by atoms with van der Waals surface area (Å²) in [6.07, 6.45) is 3.27. The van der Waals surface area contributed by atoms with Crippen LogP contribution in [0.1, 0.15) is 51.6 Å². The molecule has 3 rings (SSSR count). The van der Waals surface area contributed by atoms with Gasteiger partial charge in [0.25, 0.3) is 0 Å². The van der Waals surface area contributed by atoms with Crippen LogP contribution in [0.2, 0.25) is 0 Å². The second kappa shape index (κ2) is 10.3. The number of fused-ring (bicyclic) bond motifs is 1. The summed E-state index contributed by atoms with van der Waals surface area (Å²) in [5.74, 6) is 1.88. The Morgan fingerprint density at radius 3 is 2.86 bits per heavy atom. The van der Waals surface area contributed by atoms with Crippen LogP contribution >= 0.6 is 0 Å². The zero-order chi connectivity index (χ0) is 20.7. The van der Waals surface area contributed by atoms with Crippen LogP contribution in [0.25, 0.3) is 0 Å². The van der Waals surface area contributed by atoms with Crippen LogP contribution < -0.4 is 15.4 Å². The topological polar surface area (TPSA) is 52.1 Å². The minimum Gasteiger partial charge on any atom is -0.487 e. The number of likely N-dealkylation sites (N-methyl/N-ethyl adjacent to an activating group) is 1. The van der Waals surface area contributed by atoms with Gasteiger partial charge in [-0.25, -0.2) is 0 Å². The first-order valence-corrected chi connectivity index (χ1v) is 11.2. The SMILES string of the molecule is CCNC(=NCCCN1CCCN(C)CC1)NC1CC(C)(C)Oc2ccccc21. The van der Waals surface area contributed by atoms with Gasteiger partial charge in [-0.05, 0) is 66.4 Å². The number of rotatable bonds is 6. The molecular weight excluding hydrogens is 362 g/mol. The molecule has 0 aromatic heterocycles. The van der Waals surface area contributed by atoms with Crippen LogP contribution in [0, 0.1) is 0 Å². The third-order valence-electron chi connectivity index (χ3n) is 5.75. The number of hydrogen-bond acceptors (Lipinski definition) is 4. The number of guanidine groups is 1. The molecule has 2 N–H and O–H groups in total. The van der Waals surface area contributed by atoms with Gasteiger partial charge in [0.05, 0.1) is 6.04 Å². The van der Waals surface area contributed by atoms with Crippen molar-refractivity contribution in [1.82, 2.24) is 20.4 Å². The van der Waals surface area contributed by atoms with Gasteiger partial charge in [0.2, 0.25) is 0 Å². The van der Waals surface area contributed by atoms with Gasteiger partial charge in [0.15, 0.2) is 5.96 Å². The first kappa shape index (κ1) is 21.9. The number of nitrogens with zero attached hydrogens (tertiary/aromatic N) is 3. The van der Waals surface area contributed by atoms with E-state index in [4.69, 9.17) is 9.73 Å². The number of aliphatic imine (C=N–C) groups is 1. The van der Waals surface area contributed by atoms with Crippen molar-refractivity contribution in [1.29, 1.82) is 0 Å². The third kappa shape index (κ3) is 6.61. The van der Waals surface area contributed by atoms with Gasteiger partial charge in [-0.2, -0.15) is 0 Å². The molecule has 1 atom stereocenters. The molecule has 0 saturated carbocycles. The van der Waals surface area contributed by atoms with E-state index in [2.05, 4.69) is 66.5 Å². The van der Waals surface area contributed by atoms with Crippen LogP contribution in [-0.4, -0.2) is 74.2 Å². The van der Waals surface area contributed by atoms with E-state index in [9.17, 15) is 0 Å².